The summed E-state index contributed by atoms with van der Waals surface area (Å²) in [5.74, 6) is 2.78. The van der Waals surface area contributed by atoms with Crippen molar-refractivity contribution in [2.24, 2.45) is 0 Å². The van der Waals surface area contributed by atoms with Crippen molar-refractivity contribution in [3.63, 3.8) is 0 Å². The molecule has 0 radical (unpaired) electrons. The minimum atomic E-state index is -0.975. The van der Waals surface area contributed by atoms with Crippen molar-refractivity contribution in [3.8, 4) is 34.5 Å². The molecule has 3 aromatic carbocycles. The van der Waals surface area contributed by atoms with Gasteiger partial charge < -0.3 is 33.7 Å². The number of nitrogens with one attached hydrogen (secondary N) is 1. The smallest absolute Gasteiger partial charge is 0.333 e. The maximum atomic E-state index is 13.1. The molecule has 10 heteroatoms. The molecular formula is C36H40N2O8. The minimum absolute atomic E-state index is 0.176. The molecule has 1 fully saturated rings. The van der Waals surface area contributed by atoms with Crippen LogP contribution in [-0.2, 0) is 20.7 Å². The van der Waals surface area contributed by atoms with Gasteiger partial charge in [-0.2, -0.15) is 0 Å². The number of nitrogens with zero attached hydrogens (tertiary/aromatic N) is 1. The van der Waals surface area contributed by atoms with Crippen LogP contribution in [0.2, 0.25) is 0 Å². The number of carbonyl (C=O) groups excluding carboxylic acids is 2. The number of rotatable bonds is 14. The van der Waals surface area contributed by atoms with Crippen molar-refractivity contribution in [2.45, 2.75) is 57.6 Å². The molecule has 10 nitrogen and oxygen atoms in total. The zero-order valence-electron chi connectivity index (χ0n) is 26.7. The van der Waals surface area contributed by atoms with Crippen LogP contribution in [0, 0.1) is 0 Å². The molecule has 1 aromatic heterocycles. The summed E-state index contributed by atoms with van der Waals surface area (Å²) in [6.07, 6.45) is 6.87. The van der Waals surface area contributed by atoms with Crippen LogP contribution >= 0.6 is 0 Å². The molecule has 1 atom stereocenters. The maximum Gasteiger partial charge on any atom is 0.333 e. The molecule has 1 amide bonds. The highest BCUT2D eigenvalue weighted by Gasteiger charge is 2.25. The number of pyridine rings is 1. The van der Waals surface area contributed by atoms with E-state index >= 15 is 0 Å². The first kappa shape index (κ1) is 32.4. The number of hydrogen-bond acceptors (Lipinski definition) is 9. The summed E-state index contributed by atoms with van der Waals surface area (Å²) >= 11 is 0. The molecule has 1 unspecified atom stereocenters. The van der Waals surface area contributed by atoms with Crippen molar-refractivity contribution in [1.82, 2.24) is 10.3 Å². The van der Waals surface area contributed by atoms with Crippen LogP contribution < -0.4 is 29.0 Å². The second kappa shape index (κ2) is 15.3. The van der Waals surface area contributed by atoms with Gasteiger partial charge in [0.2, 0.25) is 5.91 Å². The highest BCUT2D eigenvalue weighted by molar-refractivity contribution is 5.88. The quantitative estimate of drug-likeness (QED) is 0.152. The molecule has 5 rings (SSSR count). The van der Waals surface area contributed by atoms with Crippen LogP contribution in [0.25, 0.3) is 10.9 Å². The summed E-state index contributed by atoms with van der Waals surface area (Å²) in [5, 5.41) is 3.60. The van der Waals surface area contributed by atoms with Gasteiger partial charge in [-0.3, -0.25) is 9.78 Å². The predicted molar refractivity (Wildman–Crippen MR) is 173 cm³/mol. The Bertz CT molecular complexity index is 1650. The van der Waals surface area contributed by atoms with E-state index in [1.165, 1.54) is 0 Å². The normalized spacial score (nSPS) is 13.6. The number of esters is 1. The number of fused-ring (bicyclic) bond motifs is 1. The molecule has 0 spiro atoms. The van der Waals surface area contributed by atoms with E-state index < -0.39 is 12.0 Å². The molecule has 0 aliphatic heterocycles. The lowest BCUT2D eigenvalue weighted by Gasteiger charge is -2.19. The van der Waals surface area contributed by atoms with Crippen LogP contribution in [0.1, 0.15) is 56.2 Å². The van der Waals surface area contributed by atoms with Gasteiger partial charge in [0, 0.05) is 24.1 Å². The Hall–Kier alpha value is -4.99. The van der Waals surface area contributed by atoms with E-state index in [1.54, 1.807) is 70.8 Å². The standard InChI is InChI=1S/C36H40N2O8/c1-5-44-36(40)35(38-34(39)17-11-23-10-16-30(41-2)33(20-23)46-25-8-6-7-9-25)24-12-14-26(15-13-24)45-29-18-19-37-28-22-32(43-4)31(42-3)21-27(28)29/h10,12-16,18-22,25,35H,5-9,11,17H2,1-4H3,(H,38,39). The molecule has 1 N–H and O–H groups in total. The summed E-state index contributed by atoms with van der Waals surface area (Å²) in [7, 11) is 4.76. The number of benzene rings is 3. The third-order valence-corrected chi connectivity index (χ3v) is 7.94. The van der Waals surface area contributed by atoms with E-state index in [1.807, 2.05) is 24.3 Å². The first-order chi connectivity index (χ1) is 22.4. The average molecular weight is 629 g/mol. The van der Waals surface area contributed by atoms with Gasteiger partial charge in [-0.1, -0.05) is 18.2 Å². The van der Waals surface area contributed by atoms with E-state index in [4.69, 9.17) is 28.4 Å². The number of hydrogen-bond donors (Lipinski definition) is 1. The first-order valence-electron chi connectivity index (χ1n) is 15.5. The average Bonchev–Trinajstić information content (AvgIpc) is 3.59. The molecule has 0 bridgehead atoms. The Balaban J connectivity index is 1.27. The number of aryl methyl sites for hydroxylation is 1. The van der Waals surface area contributed by atoms with E-state index in [-0.39, 0.29) is 25.0 Å². The van der Waals surface area contributed by atoms with Gasteiger partial charge in [0.25, 0.3) is 0 Å². The first-order valence-corrected chi connectivity index (χ1v) is 15.5. The second-order valence-electron chi connectivity index (χ2n) is 11.0. The predicted octanol–water partition coefficient (Wildman–Crippen LogP) is 6.73. The van der Waals surface area contributed by atoms with Gasteiger partial charge in [-0.25, -0.2) is 4.79 Å². The van der Waals surface area contributed by atoms with Crippen LogP contribution in [0.5, 0.6) is 34.5 Å². The summed E-state index contributed by atoms with van der Waals surface area (Å²) < 4.78 is 34.0. The lowest BCUT2D eigenvalue weighted by Crippen LogP contribution is -2.35. The number of amides is 1. The zero-order chi connectivity index (χ0) is 32.5. The maximum absolute atomic E-state index is 13.1. The van der Waals surface area contributed by atoms with E-state index in [0.29, 0.717) is 52.0 Å². The van der Waals surface area contributed by atoms with Crippen molar-refractivity contribution in [3.05, 3.63) is 78.0 Å². The molecule has 4 aromatic rings. The van der Waals surface area contributed by atoms with E-state index in [2.05, 4.69) is 10.3 Å². The van der Waals surface area contributed by atoms with Crippen molar-refractivity contribution in [1.29, 1.82) is 0 Å². The summed E-state index contributed by atoms with van der Waals surface area (Å²) in [4.78, 5) is 30.5. The number of ether oxygens (including phenoxy) is 6. The molecule has 242 valence electrons. The topological polar surface area (TPSA) is 114 Å². The second-order valence-corrected chi connectivity index (χ2v) is 11.0. The van der Waals surface area contributed by atoms with Crippen LogP contribution in [0.4, 0.5) is 0 Å². The van der Waals surface area contributed by atoms with Crippen molar-refractivity contribution in [2.75, 3.05) is 27.9 Å². The molecular weight excluding hydrogens is 588 g/mol. The Morgan fingerprint density at radius 2 is 1.57 bits per heavy atom. The summed E-state index contributed by atoms with van der Waals surface area (Å²) in [5.41, 5.74) is 2.20. The monoisotopic (exact) mass is 628 g/mol. The van der Waals surface area contributed by atoms with Crippen LogP contribution in [0.15, 0.2) is 66.9 Å². The molecule has 46 heavy (non-hydrogen) atoms. The highest BCUT2D eigenvalue weighted by atomic mass is 16.5. The largest absolute Gasteiger partial charge is 0.493 e. The SMILES string of the molecule is CCOC(=O)C(NC(=O)CCc1ccc(OC)c(OC2CCCC2)c1)c1ccc(Oc2ccnc3cc(OC)c(OC)cc23)cc1. The van der Waals surface area contributed by atoms with Gasteiger partial charge in [0.15, 0.2) is 29.0 Å². The lowest BCUT2D eigenvalue weighted by atomic mass is 10.1. The van der Waals surface area contributed by atoms with Gasteiger partial charge in [0.1, 0.15) is 11.5 Å². The number of carbonyl (C=O) groups is 2. The van der Waals surface area contributed by atoms with Gasteiger partial charge in [0.05, 0.1) is 39.6 Å². The zero-order valence-corrected chi connectivity index (χ0v) is 26.7. The minimum Gasteiger partial charge on any atom is -0.493 e. The van der Waals surface area contributed by atoms with Crippen LogP contribution in [-0.4, -0.2) is 50.9 Å². The Morgan fingerprint density at radius 3 is 2.26 bits per heavy atom. The number of aromatic nitrogens is 1. The fourth-order valence-electron chi connectivity index (χ4n) is 5.54. The molecule has 1 aliphatic carbocycles. The molecule has 1 heterocycles. The Labute approximate surface area is 268 Å². The number of methoxy groups -OCH3 is 3. The third kappa shape index (κ3) is 7.80. The summed E-state index contributed by atoms with van der Waals surface area (Å²) in [6, 6.07) is 17.1. The fourth-order valence-corrected chi connectivity index (χ4v) is 5.54. The Kier molecular flexibility index (Phi) is 10.8. The van der Waals surface area contributed by atoms with E-state index in [0.717, 1.165) is 36.6 Å². The highest BCUT2D eigenvalue weighted by Crippen LogP contribution is 2.37. The van der Waals surface area contributed by atoms with Gasteiger partial charge >= 0.3 is 5.97 Å². The van der Waals surface area contributed by atoms with Crippen molar-refractivity contribution < 1.29 is 38.0 Å². The fraction of sp³-hybridized carbons (Fsp3) is 0.361. The molecule has 1 saturated carbocycles. The van der Waals surface area contributed by atoms with Crippen molar-refractivity contribution >= 4 is 22.8 Å². The molecule has 1 aliphatic rings. The summed E-state index contributed by atoms with van der Waals surface area (Å²) in [6.45, 7) is 1.91. The molecule has 0 saturated heterocycles. The van der Waals surface area contributed by atoms with Crippen LogP contribution in [0.3, 0.4) is 0 Å². The van der Waals surface area contributed by atoms with Gasteiger partial charge in [-0.15, -0.1) is 0 Å². The lowest BCUT2D eigenvalue weighted by molar-refractivity contribution is -0.147. The third-order valence-electron chi connectivity index (χ3n) is 7.94. The van der Waals surface area contributed by atoms with E-state index in [9.17, 15) is 9.59 Å². The van der Waals surface area contributed by atoms with Gasteiger partial charge in [-0.05, 0) is 86.6 Å². The Morgan fingerprint density at radius 1 is 0.848 bits per heavy atom.